The number of carbonyl (C=O) groups excluding carboxylic acids is 1. The molecule has 0 aliphatic heterocycles. The molecule has 0 saturated heterocycles. The first-order valence-electron chi connectivity index (χ1n) is 4.92. The maximum Gasteiger partial charge on any atom is 0.142 e. The van der Waals surface area contributed by atoms with Gasteiger partial charge >= 0.3 is 0 Å². The molecule has 1 atom stereocenters. The molecule has 0 aliphatic carbocycles. The van der Waals surface area contributed by atoms with Crippen molar-refractivity contribution in [1.82, 2.24) is 0 Å². The highest BCUT2D eigenvalue weighted by Crippen LogP contribution is 2.24. The van der Waals surface area contributed by atoms with E-state index in [9.17, 15) is 9.18 Å². The highest BCUT2D eigenvalue weighted by molar-refractivity contribution is 9.10. The fourth-order valence-electron chi connectivity index (χ4n) is 1.45. The lowest BCUT2D eigenvalue weighted by atomic mass is 9.90. The number of hydrogen-bond acceptors (Lipinski definition) is 1. The summed E-state index contributed by atoms with van der Waals surface area (Å²) in [5, 5.41) is 0. The molecule has 0 fully saturated rings. The monoisotopic (exact) mass is 272 g/mol. The van der Waals surface area contributed by atoms with Crippen LogP contribution < -0.4 is 0 Å². The summed E-state index contributed by atoms with van der Waals surface area (Å²) < 4.78 is 13.4. The minimum atomic E-state index is -0.303. The summed E-state index contributed by atoms with van der Waals surface area (Å²) in [5.74, 6) is -0.304. The van der Waals surface area contributed by atoms with Crippen LogP contribution in [-0.2, 0) is 4.79 Å². The van der Waals surface area contributed by atoms with Gasteiger partial charge in [0.2, 0.25) is 0 Å². The second kappa shape index (κ2) is 4.88. The minimum absolute atomic E-state index is 0.00354. The van der Waals surface area contributed by atoms with Gasteiger partial charge in [-0.1, -0.05) is 26.8 Å². The average Bonchev–Trinajstić information content (AvgIpc) is 2.19. The lowest BCUT2D eigenvalue weighted by molar-refractivity contribution is -0.123. The fourth-order valence-corrected chi connectivity index (χ4v) is 1.84. The molecule has 15 heavy (non-hydrogen) atoms. The SMILES string of the molecule is CC(C)C(=O)C(C)c1ccc(F)c(Br)c1. The van der Waals surface area contributed by atoms with Crippen LogP contribution in [0.1, 0.15) is 32.3 Å². The Bertz CT molecular complexity index is 374. The predicted molar refractivity (Wildman–Crippen MR) is 62.4 cm³/mol. The third-order valence-corrected chi connectivity index (χ3v) is 3.05. The van der Waals surface area contributed by atoms with E-state index in [1.165, 1.54) is 6.07 Å². The number of benzene rings is 1. The second-order valence-corrected chi connectivity index (χ2v) is 4.81. The first-order chi connectivity index (χ1) is 6.93. The number of rotatable bonds is 3. The highest BCUT2D eigenvalue weighted by atomic mass is 79.9. The van der Waals surface area contributed by atoms with Crippen molar-refractivity contribution < 1.29 is 9.18 Å². The molecule has 82 valence electrons. The number of halogens is 2. The molecule has 0 aliphatic rings. The Hall–Kier alpha value is -0.700. The minimum Gasteiger partial charge on any atom is -0.299 e. The van der Waals surface area contributed by atoms with Crippen molar-refractivity contribution in [2.45, 2.75) is 26.7 Å². The van der Waals surface area contributed by atoms with E-state index in [-0.39, 0.29) is 23.4 Å². The maximum atomic E-state index is 13.0. The van der Waals surface area contributed by atoms with Gasteiger partial charge in [-0.15, -0.1) is 0 Å². The second-order valence-electron chi connectivity index (χ2n) is 3.95. The zero-order chi connectivity index (χ0) is 11.6. The number of ketones is 1. The summed E-state index contributed by atoms with van der Waals surface area (Å²) in [7, 11) is 0. The van der Waals surface area contributed by atoms with Crippen molar-refractivity contribution >= 4 is 21.7 Å². The Morgan fingerprint density at radius 2 is 1.93 bits per heavy atom. The van der Waals surface area contributed by atoms with Crippen LogP contribution in [0.2, 0.25) is 0 Å². The van der Waals surface area contributed by atoms with Crippen LogP contribution >= 0.6 is 15.9 Å². The smallest absolute Gasteiger partial charge is 0.142 e. The van der Waals surface area contributed by atoms with Crippen molar-refractivity contribution in [1.29, 1.82) is 0 Å². The summed E-state index contributed by atoms with van der Waals surface area (Å²) in [4.78, 5) is 11.7. The zero-order valence-corrected chi connectivity index (χ0v) is 10.6. The summed E-state index contributed by atoms with van der Waals surface area (Å²) in [6.45, 7) is 5.59. The van der Waals surface area contributed by atoms with Gasteiger partial charge in [0.1, 0.15) is 11.6 Å². The zero-order valence-electron chi connectivity index (χ0n) is 9.05. The van der Waals surface area contributed by atoms with Crippen molar-refractivity contribution in [3.05, 3.63) is 34.1 Å². The molecule has 1 aromatic carbocycles. The van der Waals surface area contributed by atoms with Crippen LogP contribution in [0.4, 0.5) is 4.39 Å². The van der Waals surface area contributed by atoms with Gasteiger partial charge < -0.3 is 0 Å². The Morgan fingerprint density at radius 1 is 1.33 bits per heavy atom. The van der Waals surface area contributed by atoms with Gasteiger partial charge in [0, 0.05) is 11.8 Å². The molecule has 0 amide bonds. The van der Waals surface area contributed by atoms with E-state index in [0.717, 1.165) is 5.56 Å². The van der Waals surface area contributed by atoms with Gasteiger partial charge in [-0.3, -0.25) is 4.79 Å². The standard InChI is InChI=1S/C12H14BrFO/c1-7(2)12(15)8(3)9-4-5-11(14)10(13)6-9/h4-8H,1-3H3. The van der Waals surface area contributed by atoms with E-state index < -0.39 is 0 Å². The van der Waals surface area contributed by atoms with E-state index in [1.54, 1.807) is 12.1 Å². The average molecular weight is 273 g/mol. The van der Waals surface area contributed by atoms with Crippen LogP contribution in [-0.4, -0.2) is 5.78 Å². The molecule has 1 aromatic rings. The molecule has 0 aromatic heterocycles. The van der Waals surface area contributed by atoms with Crippen molar-refractivity contribution in [3.63, 3.8) is 0 Å². The Balaban J connectivity index is 2.97. The van der Waals surface area contributed by atoms with Gasteiger partial charge in [-0.25, -0.2) is 4.39 Å². The van der Waals surface area contributed by atoms with E-state index in [2.05, 4.69) is 15.9 Å². The lowest BCUT2D eigenvalue weighted by Crippen LogP contribution is -2.15. The number of carbonyl (C=O) groups is 1. The van der Waals surface area contributed by atoms with E-state index in [0.29, 0.717) is 4.47 Å². The van der Waals surface area contributed by atoms with Crippen molar-refractivity contribution in [3.8, 4) is 0 Å². The Kier molecular flexibility index (Phi) is 4.03. The van der Waals surface area contributed by atoms with Gasteiger partial charge in [-0.05, 0) is 33.6 Å². The molecule has 3 heteroatoms. The summed E-state index contributed by atoms with van der Waals surface area (Å²) in [6, 6.07) is 4.70. The molecule has 1 nitrogen and oxygen atoms in total. The number of Topliss-reactive ketones (excluding diaryl/α,β-unsaturated/α-hetero) is 1. The van der Waals surface area contributed by atoms with Crippen LogP contribution in [0.25, 0.3) is 0 Å². The molecule has 1 unspecified atom stereocenters. The predicted octanol–water partition coefficient (Wildman–Crippen LogP) is 3.92. The van der Waals surface area contributed by atoms with Crippen LogP contribution in [0, 0.1) is 11.7 Å². The van der Waals surface area contributed by atoms with Crippen LogP contribution in [0.5, 0.6) is 0 Å². The van der Waals surface area contributed by atoms with Gasteiger partial charge in [0.15, 0.2) is 0 Å². The van der Waals surface area contributed by atoms with Gasteiger partial charge in [-0.2, -0.15) is 0 Å². The third-order valence-electron chi connectivity index (χ3n) is 2.44. The van der Waals surface area contributed by atoms with Crippen molar-refractivity contribution in [2.75, 3.05) is 0 Å². The maximum absolute atomic E-state index is 13.0. The molecular weight excluding hydrogens is 259 g/mol. The Labute approximate surface area is 97.8 Å². The lowest BCUT2D eigenvalue weighted by Gasteiger charge is -2.13. The summed E-state index contributed by atoms with van der Waals surface area (Å²) >= 11 is 3.11. The van der Waals surface area contributed by atoms with Crippen molar-refractivity contribution in [2.24, 2.45) is 5.92 Å². The highest BCUT2D eigenvalue weighted by Gasteiger charge is 2.18. The fraction of sp³-hybridized carbons (Fsp3) is 0.417. The Morgan fingerprint density at radius 3 is 2.40 bits per heavy atom. The quantitative estimate of drug-likeness (QED) is 0.815. The molecule has 1 rings (SSSR count). The van der Waals surface area contributed by atoms with Gasteiger partial charge in [0.05, 0.1) is 4.47 Å². The summed E-state index contributed by atoms with van der Waals surface area (Å²) in [6.07, 6.45) is 0. The molecule has 0 N–H and O–H groups in total. The third kappa shape index (κ3) is 2.88. The van der Waals surface area contributed by atoms with Crippen LogP contribution in [0.3, 0.4) is 0 Å². The molecular formula is C12H14BrFO. The largest absolute Gasteiger partial charge is 0.299 e. The summed E-state index contributed by atoms with van der Waals surface area (Å²) in [5.41, 5.74) is 0.849. The van der Waals surface area contributed by atoms with Gasteiger partial charge in [0.25, 0.3) is 0 Å². The van der Waals surface area contributed by atoms with E-state index >= 15 is 0 Å². The molecule has 0 bridgehead atoms. The topological polar surface area (TPSA) is 17.1 Å². The molecule has 0 spiro atoms. The normalized spacial score (nSPS) is 12.9. The van der Waals surface area contributed by atoms with E-state index in [1.807, 2.05) is 20.8 Å². The van der Waals surface area contributed by atoms with E-state index in [4.69, 9.17) is 0 Å². The molecule has 0 heterocycles. The first-order valence-corrected chi connectivity index (χ1v) is 5.71. The number of hydrogen-bond donors (Lipinski definition) is 0. The first kappa shape index (κ1) is 12.4. The molecule has 0 saturated carbocycles. The molecule has 0 radical (unpaired) electrons. The van der Waals surface area contributed by atoms with Crippen LogP contribution in [0.15, 0.2) is 22.7 Å².